The summed E-state index contributed by atoms with van der Waals surface area (Å²) in [6.07, 6.45) is -6.03. The summed E-state index contributed by atoms with van der Waals surface area (Å²) < 4.78 is 81.2. The molecule has 45 heavy (non-hydrogen) atoms. The van der Waals surface area contributed by atoms with E-state index in [0.29, 0.717) is 12.1 Å². The monoisotopic (exact) mass is 630 g/mol. The standard InChI is InChI=1S/C31H24F6N4O4/c32-30(33,34)22-13-20(14-23(16-22)31(35,36)37)29(43)40-12-11-39(28(42)10-9-19-5-1-4-8-27(19)41(44)45)18-24(40)15-21-17-38-26-7-3-2-6-25(21)26/h1-10,13-14,16-17,24,38H,11-12,15,18H2/b10-9+. The molecule has 1 atom stereocenters. The van der Waals surface area contributed by atoms with Crippen molar-refractivity contribution < 1.29 is 40.9 Å². The number of hydrogen-bond donors (Lipinski definition) is 1. The van der Waals surface area contributed by atoms with E-state index in [1.54, 1.807) is 24.4 Å². The van der Waals surface area contributed by atoms with Crippen molar-refractivity contribution >= 4 is 34.5 Å². The Balaban J connectivity index is 1.47. The summed E-state index contributed by atoms with van der Waals surface area (Å²) in [5.41, 5.74) is -2.53. The van der Waals surface area contributed by atoms with Crippen molar-refractivity contribution in [3.8, 4) is 0 Å². The zero-order valence-corrected chi connectivity index (χ0v) is 23.2. The van der Waals surface area contributed by atoms with Gasteiger partial charge in [-0.05, 0) is 48.4 Å². The number of piperazine rings is 1. The molecule has 1 fully saturated rings. The van der Waals surface area contributed by atoms with Gasteiger partial charge in [-0.15, -0.1) is 0 Å². The van der Waals surface area contributed by atoms with E-state index in [9.17, 15) is 46.0 Å². The first-order valence-electron chi connectivity index (χ1n) is 13.6. The fraction of sp³-hybridized carbons (Fsp3) is 0.226. The van der Waals surface area contributed by atoms with E-state index >= 15 is 0 Å². The molecule has 0 bridgehead atoms. The third kappa shape index (κ3) is 6.84. The predicted octanol–water partition coefficient (Wildman–Crippen LogP) is 6.72. The molecule has 2 heterocycles. The number of carbonyl (C=O) groups excluding carboxylic acids is 2. The van der Waals surface area contributed by atoms with Crippen molar-refractivity contribution in [1.82, 2.24) is 14.8 Å². The van der Waals surface area contributed by atoms with Crippen molar-refractivity contribution in [2.24, 2.45) is 0 Å². The molecule has 8 nitrogen and oxygen atoms in total. The molecular formula is C31H24F6N4O4. The van der Waals surface area contributed by atoms with Crippen molar-refractivity contribution in [2.45, 2.75) is 24.8 Å². The summed E-state index contributed by atoms with van der Waals surface area (Å²) in [7, 11) is 0. The van der Waals surface area contributed by atoms with Crippen LogP contribution in [0.25, 0.3) is 17.0 Å². The Kier molecular flexibility index (Phi) is 8.41. The molecule has 3 aromatic carbocycles. The number of nitrogens with one attached hydrogen (secondary N) is 1. The quantitative estimate of drug-likeness (QED) is 0.111. The van der Waals surface area contributed by atoms with Crippen LogP contribution in [0.5, 0.6) is 0 Å². The molecule has 0 saturated carbocycles. The van der Waals surface area contributed by atoms with Gasteiger partial charge in [0.1, 0.15) is 0 Å². The number of halogens is 6. The van der Waals surface area contributed by atoms with E-state index in [4.69, 9.17) is 0 Å². The number of nitro groups is 1. The second-order valence-corrected chi connectivity index (χ2v) is 10.4. The second-order valence-electron chi connectivity index (χ2n) is 10.4. The topological polar surface area (TPSA) is 99.5 Å². The molecule has 0 aliphatic carbocycles. The summed E-state index contributed by atoms with van der Waals surface area (Å²) in [5, 5.41) is 12.1. The van der Waals surface area contributed by atoms with Gasteiger partial charge in [0.25, 0.3) is 11.6 Å². The molecule has 1 saturated heterocycles. The van der Waals surface area contributed by atoms with E-state index in [-0.39, 0.29) is 43.4 Å². The maximum Gasteiger partial charge on any atom is 0.416 e. The normalized spacial score (nSPS) is 16.0. The number of benzene rings is 3. The van der Waals surface area contributed by atoms with Crippen molar-refractivity contribution in [1.29, 1.82) is 0 Å². The third-order valence-corrected chi connectivity index (χ3v) is 7.56. The van der Waals surface area contributed by atoms with E-state index in [1.807, 2.05) is 12.1 Å². The second kappa shape index (κ2) is 12.1. The van der Waals surface area contributed by atoms with Crippen LogP contribution in [-0.2, 0) is 23.6 Å². The molecule has 1 aliphatic heterocycles. The summed E-state index contributed by atoms with van der Waals surface area (Å²) in [6, 6.07) is 12.9. The van der Waals surface area contributed by atoms with Gasteiger partial charge < -0.3 is 14.8 Å². The summed E-state index contributed by atoms with van der Waals surface area (Å²) >= 11 is 0. The maximum atomic E-state index is 13.7. The van der Waals surface area contributed by atoms with Crippen LogP contribution in [0.3, 0.4) is 0 Å². The Morgan fingerprint density at radius 2 is 1.58 bits per heavy atom. The van der Waals surface area contributed by atoms with Crippen molar-refractivity contribution in [2.75, 3.05) is 19.6 Å². The molecule has 2 amide bonds. The molecule has 5 rings (SSSR count). The van der Waals surface area contributed by atoms with Crippen LogP contribution in [0.15, 0.2) is 79.0 Å². The van der Waals surface area contributed by atoms with Crippen LogP contribution in [0.2, 0.25) is 0 Å². The van der Waals surface area contributed by atoms with E-state index in [2.05, 4.69) is 4.98 Å². The number of rotatable bonds is 6. The molecule has 0 radical (unpaired) electrons. The highest BCUT2D eigenvalue weighted by Crippen LogP contribution is 2.37. The third-order valence-electron chi connectivity index (χ3n) is 7.56. The highest BCUT2D eigenvalue weighted by Gasteiger charge is 2.39. The van der Waals surface area contributed by atoms with Gasteiger partial charge in [0, 0.05) is 54.4 Å². The average molecular weight is 631 g/mol. The predicted molar refractivity (Wildman–Crippen MR) is 152 cm³/mol. The van der Waals surface area contributed by atoms with Gasteiger partial charge in [-0.3, -0.25) is 19.7 Å². The van der Waals surface area contributed by atoms with E-state index < -0.39 is 51.8 Å². The highest BCUT2D eigenvalue weighted by molar-refractivity contribution is 5.96. The smallest absolute Gasteiger partial charge is 0.361 e. The lowest BCUT2D eigenvalue weighted by Gasteiger charge is -2.41. The van der Waals surface area contributed by atoms with Crippen LogP contribution in [0, 0.1) is 10.1 Å². The average Bonchev–Trinajstić information content (AvgIpc) is 3.41. The largest absolute Gasteiger partial charge is 0.416 e. The fourth-order valence-corrected chi connectivity index (χ4v) is 5.36. The molecule has 1 unspecified atom stereocenters. The lowest BCUT2D eigenvalue weighted by atomic mass is 9.98. The Morgan fingerprint density at radius 1 is 0.933 bits per heavy atom. The molecule has 1 aromatic heterocycles. The van der Waals surface area contributed by atoms with Gasteiger partial charge in [-0.1, -0.05) is 30.3 Å². The number of amides is 2. The molecule has 1 aliphatic rings. The first kappa shape index (κ1) is 31.3. The minimum atomic E-state index is -5.13. The zero-order chi connectivity index (χ0) is 32.5. The summed E-state index contributed by atoms with van der Waals surface area (Å²) in [4.78, 5) is 43.2. The van der Waals surface area contributed by atoms with Crippen LogP contribution in [0.1, 0.15) is 32.6 Å². The number of carbonyl (C=O) groups is 2. The number of fused-ring (bicyclic) bond motifs is 1. The number of hydrogen-bond acceptors (Lipinski definition) is 4. The van der Waals surface area contributed by atoms with Gasteiger partial charge in [0.2, 0.25) is 5.91 Å². The van der Waals surface area contributed by atoms with Crippen molar-refractivity contribution in [3.05, 3.63) is 117 Å². The number of alkyl halides is 6. The number of aromatic nitrogens is 1. The van der Waals surface area contributed by atoms with Gasteiger partial charge in [0.05, 0.1) is 27.7 Å². The maximum absolute atomic E-state index is 13.7. The van der Waals surface area contributed by atoms with Crippen LogP contribution in [-0.4, -0.2) is 57.2 Å². The van der Waals surface area contributed by atoms with Gasteiger partial charge in [0.15, 0.2) is 0 Å². The molecule has 0 spiro atoms. The van der Waals surface area contributed by atoms with E-state index in [0.717, 1.165) is 22.5 Å². The lowest BCUT2D eigenvalue weighted by molar-refractivity contribution is -0.385. The van der Waals surface area contributed by atoms with Gasteiger partial charge >= 0.3 is 12.4 Å². The number of H-pyrrole nitrogens is 1. The summed E-state index contributed by atoms with van der Waals surface area (Å²) in [6.45, 7) is -0.369. The number of para-hydroxylation sites is 2. The first-order valence-corrected chi connectivity index (χ1v) is 13.6. The Labute approximate surface area is 251 Å². The zero-order valence-electron chi connectivity index (χ0n) is 23.2. The first-order chi connectivity index (χ1) is 21.2. The summed E-state index contributed by atoms with van der Waals surface area (Å²) in [5.74, 6) is -1.58. The van der Waals surface area contributed by atoms with E-state index in [1.165, 1.54) is 34.1 Å². The molecule has 1 N–H and O–H groups in total. The molecule has 4 aromatic rings. The van der Waals surface area contributed by atoms with Crippen molar-refractivity contribution in [3.63, 3.8) is 0 Å². The minimum absolute atomic E-state index is 0.0414. The lowest BCUT2D eigenvalue weighted by Crippen LogP contribution is -2.57. The Hall–Kier alpha value is -5.14. The molecule has 234 valence electrons. The number of nitrogens with zero attached hydrogens (tertiary/aromatic N) is 3. The Bertz CT molecular complexity index is 1760. The number of aromatic amines is 1. The molecular weight excluding hydrogens is 606 g/mol. The molecule has 14 heteroatoms. The van der Waals surface area contributed by atoms with Gasteiger partial charge in [-0.25, -0.2) is 0 Å². The minimum Gasteiger partial charge on any atom is -0.361 e. The van der Waals surface area contributed by atoms with Crippen LogP contribution < -0.4 is 0 Å². The SMILES string of the molecule is O=C(/C=C/c1ccccc1[N+](=O)[O-])N1CCN(C(=O)c2cc(C(F)(F)F)cc(C(F)(F)F)c2)C(Cc2c[nH]c3ccccc23)C1. The van der Waals surface area contributed by atoms with Gasteiger partial charge in [-0.2, -0.15) is 26.3 Å². The Morgan fingerprint density at radius 3 is 2.24 bits per heavy atom. The fourth-order valence-electron chi connectivity index (χ4n) is 5.36. The van der Waals surface area contributed by atoms with Crippen LogP contribution >= 0.6 is 0 Å². The highest BCUT2D eigenvalue weighted by atomic mass is 19.4. The number of nitro benzene ring substituents is 1. The van der Waals surface area contributed by atoms with Crippen LogP contribution in [0.4, 0.5) is 32.0 Å².